The fourth-order valence-corrected chi connectivity index (χ4v) is 2.63. The number of methoxy groups -OCH3 is 1. The SMILES string of the molecule is COC(=O)C(C#N)(CC#CCOC(C)=O)C1=CCCCC1C. The Bertz CT molecular complexity index is 561. The summed E-state index contributed by atoms with van der Waals surface area (Å²) in [6.07, 6.45) is 4.83. The maximum Gasteiger partial charge on any atom is 0.331 e. The van der Waals surface area contributed by atoms with Crippen LogP contribution < -0.4 is 0 Å². The normalized spacial score (nSPS) is 19.5. The van der Waals surface area contributed by atoms with Crippen molar-refractivity contribution in [3.05, 3.63) is 11.6 Å². The van der Waals surface area contributed by atoms with Crippen LogP contribution in [0.2, 0.25) is 0 Å². The quantitative estimate of drug-likeness (QED) is 0.453. The molecule has 2 atom stereocenters. The molecule has 0 saturated carbocycles. The van der Waals surface area contributed by atoms with Gasteiger partial charge >= 0.3 is 11.9 Å². The van der Waals surface area contributed by atoms with E-state index in [-0.39, 0.29) is 18.9 Å². The molecule has 0 saturated heterocycles. The van der Waals surface area contributed by atoms with Gasteiger partial charge in [-0.3, -0.25) is 4.79 Å². The lowest BCUT2D eigenvalue weighted by Gasteiger charge is -2.31. The third kappa shape index (κ3) is 4.11. The fourth-order valence-electron chi connectivity index (χ4n) is 2.63. The first-order valence-electron chi connectivity index (χ1n) is 7.27. The fraction of sp³-hybridized carbons (Fsp3) is 0.588. The maximum absolute atomic E-state index is 12.2. The van der Waals surface area contributed by atoms with E-state index in [1.807, 2.05) is 13.0 Å². The summed E-state index contributed by atoms with van der Waals surface area (Å²) in [6, 6.07) is 2.11. The van der Waals surface area contributed by atoms with E-state index in [1.165, 1.54) is 14.0 Å². The molecule has 22 heavy (non-hydrogen) atoms. The van der Waals surface area contributed by atoms with E-state index in [0.717, 1.165) is 24.8 Å². The third-order valence-electron chi connectivity index (χ3n) is 3.78. The molecular weight excluding hydrogens is 282 g/mol. The highest BCUT2D eigenvalue weighted by Gasteiger charge is 2.45. The number of rotatable bonds is 4. The van der Waals surface area contributed by atoms with Crippen LogP contribution in [0.25, 0.3) is 0 Å². The molecular formula is C17H21NO4. The Balaban J connectivity index is 3.02. The van der Waals surface area contributed by atoms with Gasteiger partial charge in [-0.25, -0.2) is 4.79 Å². The molecule has 0 heterocycles. The Morgan fingerprint density at radius 1 is 1.45 bits per heavy atom. The summed E-state index contributed by atoms with van der Waals surface area (Å²) < 4.78 is 9.57. The highest BCUT2D eigenvalue weighted by atomic mass is 16.5. The van der Waals surface area contributed by atoms with Crippen LogP contribution in [0.5, 0.6) is 0 Å². The number of nitrogens with zero attached hydrogens (tertiary/aromatic N) is 1. The highest BCUT2D eigenvalue weighted by Crippen LogP contribution is 2.41. The Morgan fingerprint density at radius 3 is 2.73 bits per heavy atom. The van der Waals surface area contributed by atoms with E-state index < -0.39 is 17.4 Å². The minimum Gasteiger partial charge on any atom is -0.468 e. The second-order valence-electron chi connectivity index (χ2n) is 5.31. The standard InChI is InChI=1S/C17H21NO4/c1-13-8-4-5-9-15(13)17(12-18,16(20)21-3)10-6-7-11-22-14(2)19/h9,13H,4-5,8,10-11H2,1-3H3. The van der Waals surface area contributed by atoms with Gasteiger partial charge in [0.1, 0.15) is 0 Å². The number of carbonyl (C=O) groups is 2. The van der Waals surface area contributed by atoms with Gasteiger partial charge in [-0.05, 0) is 30.8 Å². The Hall–Kier alpha value is -2.27. The van der Waals surface area contributed by atoms with E-state index in [4.69, 9.17) is 9.47 Å². The number of allylic oxidation sites excluding steroid dienone is 1. The largest absolute Gasteiger partial charge is 0.468 e. The van der Waals surface area contributed by atoms with Crippen molar-refractivity contribution in [1.29, 1.82) is 5.26 Å². The first kappa shape index (κ1) is 17.8. The van der Waals surface area contributed by atoms with Gasteiger partial charge in [0, 0.05) is 13.3 Å². The lowest BCUT2D eigenvalue weighted by molar-refractivity contribution is -0.147. The van der Waals surface area contributed by atoms with Crippen molar-refractivity contribution in [2.45, 2.75) is 39.5 Å². The van der Waals surface area contributed by atoms with Gasteiger partial charge < -0.3 is 9.47 Å². The zero-order chi connectivity index (χ0) is 16.6. The number of hydrogen-bond acceptors (Lipinski definition) is 5. The van der Waals surface area contributed by atoms with Crippen molar-refractivity contribution in [2.24, 2.45) is 11.3 Å². The smallest absolute Gasteiger partial charge is 0.331 e. The summed E-state index contributed by atoms with van der Waals surface area (Å²) in [5.41, 5.74) is -0.590. The molecule has 5 heteroatoms. The monoisotopic (exact) mass is 303 g/mol. The summed E-state index contributed by atoms with van der Waals surface area (Å²) in [5.74, 6) is 4.57. The maximum atomic E-state index is 12.2. The van der Waals surface area contributed by atoms with Crippen LogP contribution in [0.1, 0.15) is 39.5 Å². The third-order valence-corrected chi connectivity index (χ3v) is 3.78. The molecule has 1 aliphatic rings. The van der Waals surface area contributed by atoms with Gasteiger partial charge in [-0.1, -0.05) is 24.8 Å². The predicted octanol–water partition coefficient (Wildman–Crippen LogP) is 2.37. The Kier molecular flexibility index (Phi) is 6.66. The van der Waals surface area contributed by atoms with E-state index in [0.29, 0.717) is 0 Å². The van der Waals surface area contributed by atoms with Crippen molar-refractivity contribution in [1.82, 2.24) is 0 Å². The zero-order valence-electron chi connectivity index (χ0n) is 13.3. The first-order chi connectivity index (χ1) is 10.5. The summed E-state index contributed by atoms with van der Waals surface area (Å²) in [5, 5.41) is 9.65. The number of esters is 2. The molecule has 0 radical (unpaired) electrons. The summed E-state index contributed by atoms with van der Waals surface area (Å²) in [7, 11) is 1.27. The molecule has 0 amide bonds. The number of nitriles is 1. The van der Waals surface area contributed by atoms with Crippen molar-refractivity contribution in [3.63, 3.8) is 0 Å². The van der Waals surface area contributed by atoms with Crippen molar-refractivity contribution in [3.8, 4) is 17.9 Å². The minimum absolute atomic E-state index is 0.0353. The van der Waals surface area contributed by atoms with Crippen molar-refractivity contribution < 1.29 is 19.1 Å². The number of hydrogen-bond donors (Lipinski definition) is 0. The second-order valence-corrected chi connectivity index (χ2v) is 5.31. The van der Waals surface area contributed by atoms with Gasteiger partial charge in [-0.2, -0.15) is 5.26 Å². The first-order valence-corrected chi connectivity index (χ1v) is 7.27. The number of ether oxygens (including phenoxy) is 2. The highest BCUT2D eigenvalue weighted by molar-refractivity contribution is 5.84. The summed E-state index contributed by atoms with van der Waals surface area (Å²) in [4.78, 5) is 22.9. The molecule has 2 unspecified atom stereocenters. The van der Waals surface area contributed by atoms with Crippen LogP contribution in [0.15, 0.2) is 11.6 Å². The average Bonchev–Trinajstić information content (AvgIpc) is 2.51. The van der Waals surface area contributed by atoms with Crippen molar-refractivity contribution >= 4 is 11.9 Å². The molecule has 0 aromatic rings. The van der Waals surface area contributed by atoms with Gasteiger partial charge in [0.2, 0.25) is 0 Å². The van der Waals surface area contributed by atoms with E-state index in [2.05, 4.69) is 17.9 Å². The van der Waals surface area contributed by atoms with Crippen LogP contribution in [-0.2, 0) is 19.1 Å². The van der Waals surface area contributed by atoms with Crippen LogP contribution in [-0.4, -0.2) is 25.7 Å². The topological polar surface area (TPSA) is 76.4 Å². The molecule has 0 aromatic carbocycles. The Morgan fingerprint density at radius 2 is 2.18 bits per heavy atom. The van der Waals surface area contributed by atoms with E-state index in [1.54, 1.807) is 0 Å². The summed E-state index contributed by atoms with van der Waals surface area (Å²) >= 11 is 0. The van der Waals surface area contributed by atoms with Crippen LogP contribution in [0.3, 0.4) is 0 Å². The minimum atomic E-state index is -1.38. The zero-order valence-corrected chi connectivity index (χ0v) is 13.3. The van der Waals surface area contributed by atoms with Crippen LogP contribution >= 0.6 is 0 Å². The van der Waals surface area contributed by atoms with E-state index in [9.17, 15) is 14.9 Å². The van der Waals surface area contributed by atoms with Gasteiger partial charge in [0.15, 0.2) is 12.0 Å². The Labute approximate surface area is 131 Å². The lowest BCUT2D eigenvalue weighted by Crippen LogP contribution is -2.36. The molecule has 0 aliphatic heterocycles. The molecule has 1 rings (SSSR count). The average molecular weight is 303 g/mol. The van der Waals surface area contributed by atoms with Gasteiger partial charge in [0.25, 0.3) is 0 Å². The van der Waals surface area contributed by atoms with Gasteiger partial charge in [-0.15, -0.1) is 0 Å². The van der Waals surface area contributed by atoms with Crippen LogP contribution in [0, 0.1) is 34.5 Å². The molecule has 0 N–H and O–H groups in total. The molecule has 0 spiro atoms. The molecule has 5 nitrogen and oxygen atoms in total. The number of carbonyl (C=O) groups excluding carboxylic acids is 2. The lowest BCUT2D eigenvalue weighted by atomic mass is 9.70. The van der Waals surface area contributed by atoms with E-state index >= 15 is 0 Å². The molecule has 118 valence electrons. The second kappa shape index (κ2) is 8.24. The molecule has 0 fully saturated rings. The summed E-state index contributed by atoms with van der Waals surface area (Å²) in [6.45, 7) is 3.25. The van der Waals surface area contributed by atoms with Crippen molar-refractivity contribution in [2.75, 3.05) is 13.7 Å². The van der Waals surface area contributed by atoms with Gasteiger partial charge in [0.05, 0.1) is 13.2 Å². The molecule has 0 aromatic heterocycles. The predicted molar refractivity (Wildman–Crippen MR) is 80.2 cm³/mol. The van der Waals surface area contributed by atoms with Crippen LogP contribution in [0.4, 0.5) is 0 Å². The molecule has 1 aliphatic carbocycles. The molecule has 0 bridgehead atoms.